The zero-order valence-electron chi connectivity index (χ0n) is 18.0. The molecule has 0 saturated heterocycles. The average Bonchev–Trinajstić information content (AvgIpc) is 2.75. The van der Waals surface area contributed by atoms with Crippen LogP contribution in [-0.2, 0) is 4.79 Å². The van der Waals surface area contributed by atoms with Gasteiger partial charge in [0.1, 0.15) is 5.58 Å². The first-order valence-corrected chi connectivity index (χ1v) is 10.5. The van der Waals surface area contributed by atoms with Crippen LogP contribution in [0.3, 0.4) is 0 Å². The van der Waals surface area contributed by atoms with Crippen LogP contribution in [0.25, 0.3) is 22.3 Å². The number of aryl methyl sites for hydroxylation is 3. The highest BCUT2D eigenvalue weighted by molar-refractivity contribution is 6.33. The number of hydrogen-bond donors (Lipinski definition) is 1. The van der Waals surface area contributed by atoms with Crippen LogP contribution in [0.5, 0.6) is 5.75 Å². The monoisotopic (exact) mass is 447 g/mol. The van der Waals surface area contributed by atoms with E-state index in [1.54, 1.807) is 42.5 Å². The van der Waals surface area contributed by atoms with E-state index in [2.05, 4.69) is 5.32 Å². The van der Waals surface area contributed by atoms with Gasteiger partial charge < -0.3 is 14.5 Å². The van der Waals surface area contributed by atoms with Gasteiger partial charge in [0.15, 0.2) is 12.4 Å². The number of carbonyl (C=O) groups excluding carboxylic acids is 1. The second-order valence-electron chi connectivity index (χ2n) is 7.73. The molecule has 1 amide bonds. The summed E-state index contributed by atoms with van der Waals surface area (Å²) in [5.74, 6) is -0.239. The fourth-order valence-electron chi connectivity index (χ4n) is 3.56. The lowest BCUT2D eigenvalue weighted by molar-refractivity contribution is -0.118. The maximum absolute atomic E-state index is 13.4. The Morgan fingerprint density at radius 2 is 1.72 bits per heavy atom. The second kappa shape index (κ2) is 8.89. The Morgan fingerprint density at radius 3 is 2.44 bits per heavy atom. The van der Waals surface area contributed by atoms with Crippen LogP contribution in [0.15, 0.2) is 69.9 Å². The molecule has 5 nitrogen and oxygen atoms in total. The number of rotatable bonds is 5. The molecule has 0 aliphatic rings. The van der Waals surface area contributed by atoms with Crippen molar-refractivity contribution in [3.8, 4) is 17.1 Å². The molecule has 0 atom stereocenters. The van der Waals surface area contributed by atoms with E-state index in [-0.39, 0.29) is 29.5 Å². The molecule has 0 saturated carbocycles. The Labute approximate surface area is 190 Å². The van der Waals surface area contributed by atoms with Gasteiger partial charge in [-0.3, -0.25) is 9.59 Å². The van der Waals surface area contributed by atoms with Gasteiger partial charge in [-0.15, -0.1) is 0 Å². The van der Waals surface area contributed by atoms with Gasteiger partial charge in [-0.25, -0.2) is 0 Å². The number of halogens is 1. The molecule has 1 aromatic heterocycles. The number of hydrogen-bond acceptors (Lipinski definition) is 4. The molecule has 4 rings (SSSR count). The van der Waals surface area contributed by atoms with Crippen molar-refractivity contribution >= 4 is 34.2 Å². The summed E-state index contributed by atoms with van der Waals surface area (Å²) in [7, 11) is 0. The van der Waals surface area contributed by atoms with Crippen molar-refractivity contribution < 1.29 is 13.9 Å². The highest BCUT2D eigenvalue weighted by Crippen LogP contribution is 2.36. The number of benzene rings is 3. The summed E-state index contributed by atoms with van der Waals surface area (Å²) >= 11 is 6.39. The van der Waals surface area contributed by atoms with Crippen LogP contribution in [0.4, 0.5) is 5.69 Å². The SMILES string of the molecule is Cc1ccc(NC(=O)COc2c(-c3ccccc3Cl)oc3c(C)cc(C)cc3c2=O)cc1. The Bertz CT molecular complexity index is 1370. The van der Waals surface area contributed by atoms with Gasteiger partial charge in [-0.2, -0.15) is 0 Å². The number of carbonyl (C=O) groups is 1. The number of ether oxygens (including phenoxy) is 1. The third-order valence-electron chi connectivity index (χ3n) is 5.08. The predicted molar refractivity (Wildman–Crippen MR) is 128 cm³/mol. The van der Waals surface area contributed by atoms with Gasteiger partial charge in [0.25, 0.3) is 5.91 Å². The molecule has 0 unspecified atom stereocenters. The molecule has 0 spiro atoms. The molecule has 3 aromatic carbocycles. The zero-order chi connectivity index (χ0) is 22.8. The first-order valence-electron chi connectivity index (χ1n) is 10.2. The lowest BCUT2D eigenvalue weighted by atomic mass is 10.1. The van der Waals surface area contributed by atoms with Crippen molar-refractivity contribution in [2.24, 2.45) is 0 Å². The largest absolute Gasteiger partial charge is 0.476 e. The minimum absolute atomic E-state index is 0.0466. The molecule has 0 aliphatic carbocycles. The van der Waals surface area contributed by atoms with E-state index in [1.807, 2.05) is 39.0 Å². The smallest absolute Gasteiger partial charge is 0.262 e. The van der Waals surface area contributed by atoms with Crippen LogP contribution in [-0.4, -0.2) is 12.5 Å². The van der Waals surface area contributed by atoms with Gasteiger partial charge in [0, 0.05) is 11.3 Å². The average molecular weight is 448 g/mol. The minimum Gasteiger partial charge on any atom is -0.476 e. The van der Waals surface area contributed by atoms with E-state index in [0.29, 0.717) is 27.2 Å². The number of nitrogens with one attached hydrogen (secondary N) is 1. The van der Waals surface area contributed by atoms with Crippen LogP contribution in [0.1, 0.15) is 16.7 Å². The van der Waals surface area contributed by atoms with E-state index < -0.39 is 0 Å². The number of anilines is 1. The Morgan fingerprint density at radius 1 is 1.00 bits per heavy atom. The summed E-state index contributed by atoms with van der Waals surface area (Å²) in [6.45, 7) is 5.40. The third-order valence-corrected chi connectivity index (χ3v) is 5.41. The first kappa shape index (κ1) is 21.7. The summed E-state index contributed by atoms with van der Waals surface area (Å²) in [6, 6.07) is 18.1. The maximum Gasteiger partial charge on any atom is 0.262 e. The summed E-state index contributed by atoms with van der Waals surface area (Å²) in [5.41, 5.74) is 4.12. The van der Waals surface area contributed by atoms with Crippen molar-refractivity contribution in [2.45, 2.75) is 20.8 Å². The zero-order valence-corrected chi connectivity index (χ0v) is 18.7. The maximum atomic E-state index is 13.4. The molecule has 0 fully saturated rings. The standard InChI is InChI=1S/C26H22ClNO4/c1-15-8-10-18(11-9-15)28-22(29)14-31-26-23(30)20-13-16(2)12-17(3)24(20)32-25(26)19-6-4-5-7-21(19)27/h4-13H,14H2,1-3H3,(H,28,29). The number of amides is 1. The van der Waals surface area contributed by atoms with E-state index in [9.17, 15) is 9.59 Å². The molecule has 4 aromatic rings. The van der Waals surface area contributed by atoms with Crippen molar-refractivity contribution in [3.63, 3.8) is 0 Å². The molecule has 1 heterocycles. The quantitative estimate of drug-likeness (QED) is 0.404. The highest BCUT2D eigenvalue weighted by atomic mass is 35.5. The molecule has 0 radical (unpaired) electrons. The normalized spacial score (nSPS) is 10.9. The molecular weight excluding hydrogens is 426 g/mol. The van der Waals surface area contributed by atoms with Crippen molar-refractivity contribution in [2.75, 3.05) is 11.9 Å². The van der Waals surface area contributed by atoms with Crippen LogP contribution in [0, 0.1) is 20.8 Å². The van der Waals surface area contributed by atoms with Gasteiger partial charge in [0.2, 0.25) is 11.2 Å². The van der Waals surface area contributed by atoms with Crippen molar-refractivity contribution in [1.29, 1.82) is 0 Å². The molecule has 6 heteroatoms. The van der Waals surface area contributed by atoms with Gasteiger partial charge in [-0.05, 0) is 62.2 Å². The molecule has 0 aliphatic heterocycles. The van der Waals surface area contributed by atoms with Gasteiger partial charge in [0.05, 0.1) is 10.4 Å². The van der Waals surface area contributed by atoms with Crippen molar-refractivity contribution in [3.05, 3.63) is 92.6 Å². The molecule has 32 heavy (non-hydrogen) atoms. The predicted octanol–water partition coefficient (Wildman–Crippen LogP) is 6.06. The first-order chi connectivity index (χ1) is 15.3. The Balaban J connectivity index is 1.75. The molecular formula is C26H22ClNO4. The lowest BCUT2D eigenvalue weighted by Gasteiger charge is -2.14. The van der Waals surface area contributed by atoms with E-state index >= 15 is 0 Å². The van der Waals surface area contributed by atoms with Crippen LogP contribution in [0.2, 0.25) is 5.02 Å². The van der Waals surface area contributed by atoms with Crippen LogP contribution < -0.4 is 15.5 Å². The topological polar surface area (TPSA) is 68.5 Å². The minimum atomic E-state index is -0.390. The van der Waals surface area contributed by atoms with Gasteiger partial charge >= 0.3 is 0 Å². The van der Waals surface area contributed by atoms with Crippen LogP contribution >= 0.6 is 11.6 Å². The summed E-state index contributed by atoms with van der Waals surface area (Å²) in [5, 5.41) is 3.57. The Hall–Kier alpha value is -3.57. The summed E-state index contributed by atoms with van der Waals surface area (Å²) in [4.78, 5) is 25.9. The molecule has 1 N–H and O–H groups in total. The fraction of sp³-hybridized carbons (Fsp3) is 0.154. The van der Waals surface area contributed by atoms with Gasteiger partial charge in [-0.1, -0.05) is 47.5 Å². The molecule has 162 valence electrons. The Kier molecular flexibility index (Phi) is 6.01. The molecule has 0 bridgehead atoms. The summed E-state index contributed by atoms with van der Waals surface area (Å²) in [6.07, 6.45) is 0. The van der Waals surface area contributed by atoms with E-state index in [1.165, 1.54) is 0 Å². The fourth-order valence-corrected chi connectivity index (χ4v) is 3.78. The second-order valence-corrected chi connectivity index (χ2v) is 8.14. The highest BCUT2D eigenvalue weighted by Gasteiger charge is 2.21. The number of fused-ring (bicyclic) bond motifs is 1. The van der Waals surface area contributed by atoms with E-state index in [0.717, 1.165) is 16.7 Å². The lowest BCUT2D eigenvalue weighted by Crippen LogP contribution is -2.22. The van der Waals surface area contributed by atoms with Crippen molar-refractivity contribution in [1.82, 2.24) is 0 Å². The summed E-state index contributed by atoms with van der Waals surface area (Å²) < 4.78 is 11.9. The third kappa shape index (κ3) is 4.39. The van der Waals surface area contributed by atoms with E-state index in [4.69, 9.17) is 20.8 Å².